The first-order chi connectivity index (χ1) is 9.22. The monoisotopic (exact) mass is 336 g/mol. The minimum atomic E-state index is 0.162. The van der Waals surface area contributed by atoms with E-state index in [4.69, 9.17) is 4.42 Å². The second-order valence-electron chi connectivity index (χ2n) is 4.36. The normalized spacial score (nSPS) is 12.9. The summed E-state index contributed by atoms with van der Waals surface area (Å²) in [7, 11) is 0. The third-order valence-electron chi connectivity index (χ3n) is 2.97. The van der Waals surface area contributed by atoms with Gasteiger partial charge < -0.3 is 9.73 Å². The van der Waals surface area contributed by atoms with Gasteiger partial charge in [-0.3, -0.25) is 0 Å². The van der Waals surface area contributed by atoms with E-state index < -0.39 is 0 Å². The first kappa shape index (κ1) is 12.8. The van der Waals surface area contributed by atoms with Crippen molar-refractivity contribution in [3.63, 3.8) is 0 Å². The highest BCUT2D eigenvalue weighted by molar-refractivity contribution is 9.10. The maximum Gasteiger partial charge on any atom is 0.134 e. The fraction of sp³-hybridized carbons (Fsp3) is 0.214. The van der Waals surface area contributed by atoms with Crippen molar-refractivity contribution in [2.24, 2.45) is 0 Å². The molecule has 0 aliphatic rings. The Morgan fingerprint density at radius 1 is 1.42 bits per heavy atom. The van der Waals surface area contributed by atoms with Gasteiger partial charge in [0.1, 0.15) is 16.4 Å². The topological polar surface area (TPSA) is 38.1 Å². The largest absolute Gasteiger partial charge is 0.459 e. The summed E-state index contributed by atoms with van der Waals surface area (Å²) in [5.74, 6) is 0.949. The van der Waals surface area contributed by atoms with Crippen molar-refractivity contribution >= 4 is 38.2 Å². The average molecular weight is 337 g/mol. The van der Waals surface area contributed by atoms with Crippen molar-refractivity contribution in [2.75, 3.05) is 0 Å². The van der Waals surface area contributed by atoms with Crippen molar-refractivity contribution in [1.29, 1.82) is 0 Å². The summed E-state index contributed by atoms with van der Waals surface area (Å²) in [5.41, 5.74) is 0.918. The number of hydrogen-bond donors (Lipinski definition) is 1. The van der Waals surface area contributed by atoms with Crippen LogP contribution in [0.5, 0.6) is 0 Å². The zero-order valence-corrected chi connectivity index (χ0v) is 12.8. The molecule has 98 valence electrons. The minimum Gasteiger partial charge on any atom is -0.459 e. The van der Waals surface area contributed by atoms with Crippen LogP contribution in [0.3, 0.4) is 0 Å². The third-order valence-corrected chi connectivity index (χ3v) is 4.24. The zero-order chi connectivity index (χ0) is 13.2. The Balaban J connectivity index is 1.75. The molecule has 1 N–H and O–H groups in total. The molecule has 0 saturated carbocycles. The number of hydrogen-bond acceptors (Lipinski definition) is 4. The van der Waals surface area contributed by atoms with E-state index in [1.54, 1.807) is 11.3 Å². The molecule has 1 aromatic carbocycles. The maximum absolute atomic E-state index is 5.85. The van der Waals surface area contributed by atoms with Crippen LogP contribution in [0.4, 0.5) is 0 Å². The number of halogens is 1. The summed E-state index contributed by atoms with van der Waals surface area (Å²) in [6.45, 7) is 2.86. The van der Waals surface area contributed by atoms with E-state index in [-0.39, 0.29) is 6.04 Å². The summed E-state index contributed by atoms with van der Waals surface area (Å²) >= 11 is 5.13. The summed E-state index contributed by atoms with van der Waals surface area (Å²) in [6, 6.07) is 8.28. The summed E-state index contributed by atoms with van der Waals surface area (Å²) in [6.07, 6.45) is 1.82. The second kappa shape index (κ2) is 5.45. The molecule has 3 aromatic rings. The zero-order valence-electron chi connectivity index (χ0n) is 10.4. The van der Waals surface area contributed by atoms with E-state index in [1.807, 2.05) is 23.7 Å². The molecule has 0 aliphatic heterocycles. The first-order valence-electron chi connectivity index (χ1n) is 6.03. The van der Waals surface area contributed by atoms with E-state index in [0.29, 0.717) is 0 Å². The Labute approximate surface area is 123 Å². The smallest absolute Gasteiger partial charge is 0.134 e. The highest BCUT2D eigenvalue weighted by atomic mass is 79.9. The summed E-state index contributed by atoms with van der Waals surface area (Å²) in [4.78, 5) is 4.26. The Morgan fingerprint density at radius 2 is 2.32 bits per heavy atom. The van der Waals surface area contributed by atoms with Crippen molar-refractivity contribution in [2.45, 2.75) is 19.5 Å². The Bertz CT molecular complexity index is 678. The molecule has 0 bridgehead atoms. The third kappa shape index (κ3) is 2.88. The molecule has 0 saturated heterocycles. The van der Waals surface area contributed by atoms with Crippen molar-refractivity contribution in [1.82, 2.24) is 10.3 Å². The van der Waals surface area contributed by atoms with Crippen molar-refractivity contribution < 1.29 is 4.42 Å². The fourth-order valence-corrected chi connectivity index (χ4v) is 2.88. The lowest BCUT2D eigenvalue weighted by Crippen LogP contribution is -2.17. The molecular weight excluding hydrogens is 324 g/mol. The lowest BCUT2D eigenvalue weighted by molar-refractivity contribution is 0.450. The molecule has 0 amide bonds. The van der Waals surface area contributed by atoms with Gasteiger partial charge in [-0.05, 0) is 31.2 Å². The van der Waals surface area contributed by atoms with E-state index in [2.05, 4.69) is 45.3 Å². The number of benzene rings is 1. The molecule has 0 radical (unpaired) electrons. The highest BCUT2D eigenvalue weighted by Gasteiger charge is 2.11. The molecule has 0 spiro atoms. The predicted octanol–water partition coefficient (Wildman–Crippen LogP) is 4.50. The van der Waals surface area contributed by atoms with Gasteiger partial charge in [0, 0.05) is 28.0 Å². The summed E-state index contributed by atoms with van der Waals surface area (Å²) in [5, 5.41) is 7.61. The predicted molar refractivity (Wildman–Crippen MR) is 81.3 cm³/mol. The molecule has 0 fully saturated rings. The van der Waals surface area contributed by atoms with Crippen LogP contribution < -0.4 is 5.32 Å². The van der Waals surface area contributed by atoms with Crippen LogP contribution in [-0.2, 0) is 6.54 Å². The van der Waals surface area contributed by atoms with Gasteiger partial charge in [0.25, 0.3) is 0 Å². The molecule has 3 rings (SSSR count). The molecule has 19 heavy (non-hydrogen) atoms. The Hall–Kier alpha value is -1.17. The number of nitrogens with zero attached hydrogens (tertiary/aromatic N) is 1. The molecule has 1 atom stereocenters. The molecule has 2 aromatic heterocycles. The van der Waals surface area contributed by atoms with Gasteiger partial charge in [0.05, 0.1) is 6.04 Å². The van der Waals surface area contributed by atoms with E-state index in [0.717, 1.165) is 32.8 Å². The van der Waals surface area contributed by atoms with Gasteiger partial charge in [-0.1, -0.05) is 15.9 Å². The number of aromatic nitrogens is 1. The lowest BCUT2D eigenvalue weighted by atomic mass is 10.2. The van der Waals surface area contributed by atoms with Crippen LogP contribution >= 0.6 is 27.3 Å². The van der Waals surface area contributed by atoms with E-state index in [9.17, 15) is 0 Å². The molecule has 0 aliphatic carbocycles. The molecule has 5 heteroatoms. The van der Waals surface area contributed by atoms with Crippen LogP contribution in [0.1, 0.15) is 23.7 Å². The van der Waals surface area contributed by atoms with Crippen LogP contribution in [0, 0.1) is 0 Å². The maximum atomic E-state index is 5.85. The first-order valence-corrected chi connectivity index (χ1v) is 7.70. The average Bonchev–Trinajstić information content (AvgIpc) is 3.04. The number of rotatable bonds is 4. The number of nitrogens with one attached hydrogen (secondary N) is 1. The Morgan fingerprint density at radius 3 is 3.11 bits per heavy atom. The van der Waals surface area contributed by atoms with E-state index in [1.165, 1.54) is 0 Å². The van der Waals surface area contributed by atoms with Gasteiger partial charge in [0.2, 0.25) is 0 Å². The van der Waals surface area contributed by atoms with Crippen LogP contribution in [0.15, 0.2) is 44.7 Å². The molecule has 3 nitrogen and oxygen atoms in total. The van der Waals surface area contributed by atoms with Crippen molar-refractivity contribution in [3.05, 3.63) is 51.1 Å². The van der Waals surface area contributed by atoms with Gasteiger partial charge in [-0.2, -0.15) is 0 Å². The highest BCUT2D eigenvalue weighted by Crippen LogP contribution is 2.26. The molecule has 1 unspecified atom stereocenters. The summed E-state index contributed by atoms with van der Waals surface area (Å²) < 4.78 is 6.92. The Kier molecular flexibility index (Phi) is 3.68. The van der Waals surface area contributed by atoms with Gasteiger partial charge in [-0.15, -0.1) is 11.3 Å². The van der Waals surface area contributed by atoms with Crippen LogP contribution in [0.2, 0.25) is 0 Å². The number of furan rings is 1. The molecular formula is C14H13BrN2OS. The van der Waals surface area contributed by atoms with E-state index >= 15 is 0 Å². The van der Waals surface area contributed by atoms with Crippen molar-refractivity contribution in [3.8, 4) is 0 Å². The lowest BCUT2D eigenvalue weighted by Gasteiger charge is -2.09. The SMILES string of the molecule is CC(NCc1nccs1)c1cc2cc(Br)ccc2o1. The van der Waals surface area contributed by atoms with Crippen LogP contribution in [0.25, 0.3) is 11.0 Å². The fourth-order valence-electron chi connectivity index (χ4n) is 1.93. The molecule has 2 heterocycles. The van der Waals surface area contributed by atoms with Gasteiger partial charge in [-0.25, -0.2) is 4.98 Å². The standard InChI is InChI=1S/C14H13BrN2OS/c1-9(17-8-14-16-4-5-19-14)13-7-10-6-11(15)2-3-12(10)18-13/h2-7,9,17H,8H2,1H3. The quantitative estimate of drug-likeness (QED) is 0.762. The van der Waals surface area contributed by atoms with Gasteiger partial charge in [0.15, 0.2) is 0 Å². The minimum absolute atomic E-state index is 0.162. The van der Waals surface area contributed by atoms with Gasteiger partial charge >= 0.3 is 0 Å². The number of thiazole rings is 1. The number of fused-ring (bicyclic) bond motifs is 1. The second-order valence-corrected chi connectivity index (χ2v) is 6.25. The van der Waals surface area contributed by atoms with Crippen LogP contribution in [-0.4, -0.2) is 4.98 Å².